The predicted octanol–water partition coefficient (Wildman–Crippen LogP) is 24.3. The van der Waals surface area contributed by atoms with E-state index < -0.39 is 97.5 Å². The monoisotopic (exact) mass is 1470 g/mol. The first kappa shape index (κ1) is 98.1. The molecule has 0 amide bonds. The Balaban J connectivity index is 5.21. The first-order valence-corrected chi connectivity index (χ1v) is 45.0. The van der Waals surface area contributed by atoms with Crippen LogP contribution in [0.1, 0.15) is 427 Å². The molecule has 0 aromatic heterocycles. The summed E-state index contributed by atoms with van der Waals surface area (Å²) in [5.41, 5.74) is 0. The molecule has 0 aliphatic carbocycles. The third-order valence-corrected chi connectivity index (χ3v) is 21.2. The Morgan fingerprint density at radius 3 is 0.760 bits per heavy atom. The number of hydrogen-bond acceptors (Lipinski definition) is 15. The number of aliphatic hydroxyl groups excluding tert-OH is 1. The second-order valence-corrected chi connectivity index (χ2v) is 32.8. The van der Waals surface area contributed by atoms with Crippen LogP contribution >= 0.6 is 15.6 Å². The van der Waals surface area contributed by atoms with Gasteiger partial charge in [0.1, 0.15) is 19.3 Å². The first-order valence-electron chi connectivity index (χ1n) is 42.0. The van der Waals surface area contributed by atoms with E-state index in [1.807, 2.05) is 0 Å². The Morgan fingerprint density at radius 2 is 0.510 bits per heavy atom. The molecule has 0 bridgehead atoms. The van der Waals surface area contributed by atoms with Gasteiger partial charge in [0.25, 0.3) is 0 Å². The number of unbranched alkanes of at least 4 members (excludes halogenated alkanes) is 49. The second-order valence-electron chi connectivity index (χ2n) is 29.9. The molecule has 0 spiro atoms. The maximum atomic E-state index is 13.1. The van der Waals surface area contributed by atoms with Gasteiger partial charge in [-0.15, -0.1) is 0 Å². The van der Waals surface area contributed by atoms with Crippen molar-refractivity contribution in [3.8, 4) is 0 Å². The maximum absolute atomic E-state index is 13.1. The van der Waals surface area contributed by atoms with Crippen LogP contribution < -0.4 is 0 Å². The van der Waals surface area contributed by atoms with Gasteiger partial charge >= 0.3 is 39.5 Å². The van der Waals surface area contributed by atoms with Crippen molar-refractivity contribution in [3.05, 3.63) is 0 Å². The number of esters is 4. The van der Waals surface area contributed by atoms with Gasteiger partial charge in [-0.05, 0) is 37.5 Å². The topological polar surface area (TPSA) is 237 Å². The van der Waals surface area contributed by atoms with Crippen molar-refractivity contribution in [2.75, 3.05) is 39.6 Å². The zero-order valence-electron chi connectivity index (χ0n) is 65.5. The van der Waals surface area contributed by atoms with Crippen molar-refractivity contribution in [1.82, 2.24) is 0 Å². The molecule has 594 valence electrons. The molecular formula is C81H158O17P2. The normalized spacial score (nSPS) is 14.2. The van der Waals surface area contributed by atoms with Gasteiger partial charge in [0.2, 0.25) is 0 Å². The zero-order chi connectivity index (χ0) is 73.5. The van der Waals surface area contributed by atoms with Crippen molar-refractivity contribution in [2.45, 2.75) is 445 Å². The highest BCUT2D eigenvalue weighted by atomic mass is 31.2. The minimum atomic E-state index is -4.96. The van der Waals surface area contributed by atoms with E-state index in [1.165, 1.54) is 244 Å². The minimum Gasteiger partial charge on any atom is -0.462 e. The lowest BCUT2D eigenvalue weighted by Crippen LogP contribution is -2.30. The van der Waals surface area contributed by atoms with E-state index >= 15 is 0 Å². The van der Waals surface area contributed by atoms with E-state index in [9.17, 15) is 43.2 Å². The SMILES string of the molecule is CCCCCCCCCCCCCCCCCCC(=O)OC[C@H](COP(=O)(O)OC[C@@H](O)COP(=O)(O)OC[C@@H](COC(=O)CCCCCCCCCCC)OC(=O)CCCCCCCCCCCCC(C)CC)OC(=O)CCCCCCCCCCCCCCCCCCCCC(C)C. The van der Waals surface area contributed by atoms with Gasteiger partial charge in [0, 0.05) is 25.7 Å². The molecule has 0 aromatic rings. The van der Waals surface area contributed by atoms with Crippen molar-refractivity contribution < 1.29 is 80.2 Å². The Morgan fingerprint density at radius 1 is 0.290 bits per heavy atom. The van der Waals surface area contributed by atoms with Gasteiger partial charge in [0.15, 0.2) is 12.2 Å². The molecule has 0 saturated heterocycles. The van der Waals surface area contributed by atoms with Crippen LogP contribution in [-0.4, -0.2) is 96.7 Å². The number of phosphoric acid groups is 2. The molecule has 0 rings (SSSR count). The van der Waals surface area contributed by atoms with Crippen molar-refractivity contribution in [1.29, 1.82) is 0 Å². The van der Waals surface area contributed by atoms with Crippen LogP contribution in [0, 0.1) is 11.8 Å². The number of rotatable bonds is 80. The molecule has 6 atom stereocenters. The van der Waals surface area contributed by atoms with Crippen LogP contribution in [0.2, 0.25) is 0 Å². The van der Waals surface area contributed by atoms with Gasteiger partial charge in [0.05, 0.1) is 26.4 Å². The highest BCUT2D eigenvalue weighted by Gasteiger charge is 2.30. The van der Waals surface area contributed by atoms with E-state index in [2.05, 4.69) is 41.5 Å². The summed E-state index contributed by atoms with van der Waals surface area (Å²) in [6, 6.07) is 0. The fourth-order valence-corrected chi connectivity index (χ4v) is 14.1. The third-order valence-electron chi connectivity index (χ3n) is 19.3. The minimum absolute atomic E-state index is 0.106. The quantitative estimate of drug-likeness (QED) is 0.0222. The van der Waals surface area contributed by atoms with E-state index in [0.29, 0.717) is 25.7 Å². The molecule has 0 aliphatic rings. The Labute approximate surface area is 613 Å². The number of carbonyl (C=O) groups excluding carboxylic acids is 4. The predicted molar refractivity (Wildman–Crippen MR) is 409 cm³/mol. The van der Waals surface area contributed by atoms with Crippen LogP contribution in [0.4, 0.5) is 0 Å². The van der Waals surface area contributed by atoms with E-state index in [-0.39, 0.29) is 25.7 Å². The average Bonchev–Trinajstić information content (AvgIpc) is 0.930. The number of carbonyl (C=O) groups is 4. The Bertz CT molecular complexity index is 1930. The first-order chi connectivity index (χ1) is 48.4. The Kier molecular flexibility index (Phi) is 71.2. The van der Waals surface area contributed by atoms with Gasteiger partial charge in [-0.25, -0.2) is 9.13 Å². The average molecular weight is 1470 g/mol. The smallest absolute Gasteiger partial charge is 0.462 e. The van der Waals surface area contributed by atoms with E-state index in [4.69, 9.17) is 37.0 Å². The van der Waals surface area contributed by atoms with Crippen LogP contribution in [0.15, 0.2) is 0 Å². The summed E-state index contributed by atoms with van der Waals surface area (Å²) in [7, 11) is -9.92. The van der Waals surface area contributed by atoms with Crippen molar-refractivity contribution in [3.63, 3.8) is 0 Å². The summed E-state index contributed by atoms with van der Waals surface area (Å²) in [4.78, 5) is 73.0. The van der Waals surface area contributed by atoms with Crippen LogP contribution in [-0.2, 0) is 65.4 Å². The second kappa shape index (κ2) is 72.6. The van der Waals surface area contributed by atoms with Gasteiger partial charge in [-0.2, -0.15) is 0 Å². The molecule has 0 saturated carbocycles. The Hall–Kier alpha value is -1.94. The molecular weight excluding hydrogens is 1310 g/mol. The fourth-order valence-electron chi connectivity index (χ4n) is 12.5. The summed E-state index contributed by atoms with van der Waals surface area (Å²) in [6.07, 6.45) is 62.4. The molecule has 0 aromatic carbocycles. The molecule has 100 heavy (non-hydrogen) atoms. The molecule has 3 unspecified atom stereocenters. The lowest BCUT2D eigenvalue weighted by atomic mass is 9.99. The lowest BCUT2D eigenvalue weighted by molar-refractivity contribution is -0.161. The summed E-state index contributed by atoms with van der Waals surface area (Å²) in [5.74, 6) is -0.486. The van der Waals surface area contributed by atoms with Crippen LogP contribution in [0.5, 0.6) is 0 Å². The highest BCUT2D eigenvalue weighted by molar-refractivity contribution is 7.47. The number of hydrogen-bond donors (Lipinski definition) is 3. The molecule has 0 heterocycles. The van der Waals surface area contributed by atoms with Gasteiger partial charge in [-0.3, -0.25) is 37.3 Å². The zero-order valence-corrected chi connectivity index (χ0v) is 67.3. The molecule has 0 radical (unpaired) electrons. The van der Waals surface area contributed by atoms with Crippen LogP contribution in [0.3, 0.4) is 0 Å². The third kappa shape index (κ3) is 73.0. The van der Waals surface area contributed by atoms with Crippen LogP contribution in [0.25, 0.3) is 0 Å². The highest BCUT2D eigenvalue weighted by Crippen LogP contribution is 2.45. The van der Waals surface area contributed by atoms with E-state index in [1.54, 1.807) is 0 Å². The molecule has 19 heteroatoms. The largest absolute Gasteiger partial charge is 0.472 e. The number of ether oxygens (including phenoxy) is 4. The molecule has 0 aliphatic heterocycles. The fraction of sp³-hybridized carbons (Fsp3) is 0.951. The van der Waals surface area contributed by atoms with E-state index in [0.717, 1.165) is 102 Å². The standard InChI is InChI=1S/C81H158O17P2/c1-7-10-12-14-16-18-19-20-21-27-30-33-40-46-52-58-64-79(84)92-70-77(97-80(85)65-59-53-47-41-34-31-28-25-23-22-24-26-29-32-38-43-49-55-61-73(4)5)72-96-100(89,90)94-68-75(82)67-93-99(87,88)95-71-76(69-91-78(83)63-57-51-45-37-17-15-13-11-8-2)98-81(86)66-60-54-48-42-36-35-39-44-50-56-62-74(6)9-3/h73-77,82H,7-72H2,1-6H3,(H,87,88)(H,89,90)/t74?,75-,76+,77+/m0/s1. The number of phosphoric ester groups is 2. The maximum Gasteiger partial charge on any atom is 0.472 e. The van der Waals surface area contributed by atoms with Crippen molar-refractivity contribution >= 4 is 39.5 Å². The summed E-state index contributed by atoms with van der Waals surface area (Å²) < 4.78 is 68.7. The molecule has 3 N–H and O–H groups in total. The summed E-state index contributed by atoms with van der Waals surface area (Å²) in [5, 5.41) is 10.6. The number of aliphatic hydroxyl groups is 1. The lowest BCUT2D eigenvalue weighted by Gasteiger charge is -2.21. The summed E-state index contributed by atoms with van der Waals surface area (Å²) in [6.45, 7) is 9.68. The van der Waals surface area contributed by atoms with Gasteiger partial charge in [-0.1, -0.05) is 375 Å². The molecule has 17 nitrogen and oxygen atoms in total. The van der Waals surface area contributed by atoms with Gasteiger partial charge < -0.3 is 33.8 Å². The van der Waals surface area contributed by atoms with Crippen molar-refractivity contribution in [2.24, 2.45) is 11.8 Å². The molecule has 0 fully saturated rings. The summed E-state index contributed by atoms with van der Waals surface area (Å²) >= 11 is 0.